The van der Waals surface area contributed by atoms with Gasteiger partial charge in [0, 0.05) is 22.2 Å². The van der Waals surface area contributed by atoms with Crippen LogP contribution >= 0.6 is 47.2 Å². The minimum atomic E-state index is -0.979. The first-order chi connectivity index (χ1) is 11.8. The van der Waals surface area contributed by atoms with E-state index < -0.39 is 17.8 Å². The van der Waals surface area contributed by atoms with E-state index in [1.807, 2.05) is 0 Å². The molecule has 1 amide bonds. The van der Waals surface area contributed by atoms with Gasteiger partial charge in [-0.25, -0.2) is 0 Å². The van der Waals surface area contributed by atoms with Crippen molar-refractivity contribution in [1.29, 1.82) is 0 Å². The molecule has 9 heteroatoms. The lowest BCUT2D eigenvalue weighted by Crippen LogP contribution is -2.20. The number of carboxylic acids is 1. The van der Waals surface area contributed by atoms with Gasteiger partial charge in [-0.15, -0.1) is 12.4 Å². The monoisotopic (exact) mass is 436 g/mol. The summed E-state index contributed by atoms with van der Waals surface area (Å²) in [4.78, 5) is 23.5. The molecule has 0 spiro atoms. The molecule has 0 aromatic heterocycles. The van der Waals surface area contributed by atoms with Gasteiger partial charge in [0.05, 0.1) is 16.5 Å². The van der Waals surface area contributed by atoms with Gasteiger partial charge >= 0.3 is 5.97 Å². The molecular formula is C17H16Cl4N2O3. The van der Waals surface area contributed by atoms with Crippen LogP contribution in [0.4, 0.5) is 5.69 Å². The predicted octanol–water partition coefficient (Wildman–Crippen LogP) is 4.84. The predicted molar refractivity (Wildman–Crippen MR) is 107 cm³/mol. The van der Waals surface area contributed by atoms with Crippen LogP contribution in [0.2, 0.25) is 15.1 Å². The first kappa shape index (κ1) is 22.5. The van der Waals surface area contributed by atoms with Crippen molar-refractivity contribution >= 4 is 64.8 Å². The summed E-state index contributed by atoms with van der Waals surface area (Å²) < 4.78 is 0. The zero-order chi connectivity index (χ0) is 18.6. The van der Waals surface area contributed by atoms with Gasteiger partial charge in [-0.3, -0.25) is 9.59 Å². The second-order valence-corrected chi connectivity index (χ2v) is 6.60. The molecule has 0 saturated heterocycles. The third-order valence-corrected chi connectivity index (χ3v) is 4.56. The largest absolute Gasteiger partial charge is 0.481 e. The molecule has 0 aliphatic rings. The van der Waals surface area contributed by atoms with E-state index in [1.165, 1.54) is 18.2 Å². The van der Waals surface area contributed by atoms with Gasteiger partial charge in [-0.2, -0.15) is 0 Å². The van der Waals surface area contributed by atoms with Crippen LogP contribution in [0.3, 0.4) is 0 Å². The molecule has 0 fully saturated rings. The molecule has 5 nitrogen and oxygen atoms in total. The highest BCUT2D eigenvalue weighted by molar-refractivity contribution is 6.42. The van der Waals surface area contributed by atoms with E-state index in [4.69, 9.17) is 45.6 Å². The number of hydrogen-bond donors (Lipinski definition) is 3. The summed E-state index contributed by atoms with van der Waals surface area (Å²) in [7, 11) is 0. The van der Waals surface area contributed by atoms with Crippen LogP contribution in [0.5, 0.6) is 0 Å². The lowest BCUT2D eigenvalue weighted by atomic mass is 9.94. The maximum atomic E-state index is 12.5. The topological polar surface area (TPSA) is 92.4 Å². The van der Waals surface area contributed by atoms with E-state index >= 15 is 0 Å². The molecule has 1 atom stereocenters. The fourth-order valence-electron chi connectivity index (χ4n) is 2.36. The molecule has 2 aromatic carbocycles. The maximum Gasteiger partial charge on any atom is 0.304 e. The third kappa shape index (κ3) is 5.76. The number of carbonyl (C=O) groups excluding carboxylic acids is 1. The average Bonchev–Trinajstić information content (AvgIpc) is 2.55. The number of carbonyl (C=O) groups is 2. The molecule has 140 valence electrons. The van der Waals surface area contributed by atoms with E-state index in [0.29, 0.717) is 26.9 Å². The number of carboxylic acid groups (broad SMARTS) is 1. The molecule has 2 aromatic rings. The summed E-state index contributed by atoms with van der Waals surface area (Å²) in [5, 5.41) is 12.8. The quantitative estimate of drug-likeness (QED) is 0.602. The van der Waals surface area contributed by atoms with Crippen molar-refractivity contribution in [3.8, 4) is 0 Å². The molecule has 0 aliphatic heterocycles. The molecule has 0 aliphatic carbocycles. The van der Waals surface area contributed by atoms with Crippen LogP contribution in [0.1, 0.15) is 28.3 Å². The molecule has 0 bridgehead atoms. The first-order valence-corrected chi connectivity index (χ1v) is 8.43. The van der Waals surface area contributed by atoms with Gasteiger partial charge in [0.25, 0.3) is 5.91 Å². The Morgan fingerprint density at radius 1 is 1.08 bits per heavy atom. The number of hydrogen-bond acceptors (Lipinski definition) is 3. The van der Waals surface area contributed by atoms with Crippen LogP contribution in [0.15, 0.2) is 36.4 Å². The third-order valence-electron chi connectivity index (χ3n) is 3.59. The van der Waals surface area contributed by atoms with Gasteiger partial charge in [0.15, 0.2) is 0 Å². The Morgan fingerprint density at radius 2 is 1.77 bits per heavy atom. The van der Waals surface area contributed by atoms with Crippen molar-refractivity contribution in [3.63, 3.8) is 0 Å². The number of nitrogens with two attached hydrogens (primary N) is 1. The number of amides is 1. The van der Waals surface area contributed by atoms with Crippen LogP contribution in [-0.4, -0.2) is 23.5 Å². The maximum absolute atomic E-state index is 12.5. The number of nitrogens with one attached hydrogen (secondary N) is 1. The second-order valence-electron chi connectivity index (χ2n) is 5.35. The van der Waals surface area contributed by atoms with E-state index in [9.17, 15) is 9.59 Å². The Labute approximate surface area is 171 Å². The fraction of sp³-hybridized carbons (Fsp3) is 0.176. The highest BCUT2D eigenvalue weighted by Crippen LogP contribution is 2.30. The van der Waals surface area contributed by atoms with Gasteiger partial charge < -0.3 is 16.2 Å². The summed E-state index contributed by atoms with van der Waals surface area (Å²) in [6.07, 6.45) is -0.159. The van der Waals surface area contributed by atoms with Crippen LogP contribution in [0.25, 0.3) is 0 Å². The Hall–Kier alpha value is -1.50. The SMILES string of the molecule is Cl.NC[C@H](CC(=O)O)c1ccc(Cl)cc1NC(=O)c1ccc(Cl)c(Cl)c1. The standard InChI is InChI=1S/C17H15Cl3N2O3.ClH/c18-11-2-3-12(10(8-21)6-16(23)24)15(7-11)22-17(25)9-1-4-13(19)14(20)5-9;/h1-5,7,10H,6,8,21H2,(H,22,25)(H,23,24);1H/t10-;/m0./s1. The van der Waals surface area contributed by atoms with Crippen molar-refractivity contribution in [2.45, 2.75) is 12.3 Å². The first-order valence-electron chi connectivity index (χ1n) is 7.29. The van der Waals surface area contributed by atoms with Gasteiger partial charge in [-0.05, 0) is 42.4 Å². The zero-order valence-corrected chi connectivity index (χ0v) is 16.4. The highest BCUT2D eigenvalue weighted by atomic mass is 35.5. The second kappa shape index (κ2) is 10.00. The molecule has 26 heavy (non-hydrogen) atoms. The number of anilines is 1. The van der Waals surface area contributed by atoms with Crippen molar-refractivity contribution in [3.05, 3.63) is 62.6 Å². The summed E-state index contributed by atoms with van der Waals surface area (Å²) in [6.45, 7) is 0.115. The molecule has 0 unspecified atom stereocenters. The van der Waals surface area contributed by atoms with E-state index in [-0.39, 0.29) is 30.4 Å². The molecule has 2 rings (SSSR count). The van der Waals surface area contributed by atoms with Gasteiger partial charge in [0.1, 0.15) is 0 Å². The Kier molecular flexibility index (Phi) is 8.67. The Bertz CT molecular complexity index is 815. The van der Waals surface area contributed by atoms with E-state index in [2.05, 4.69) is 5.32 Å². The van der Waals surface area contributed by atoms with Crippen LogP contribution in [-0.2, 0) is 4.79 Å². The Morgan fingerprint density at radius 3 is 2.35 bits per heavy atom. The number of halogens is 4. The minimum absolute atomic E-state index is 0. The Balaban J connectivity index is 0.00000338. The molecule has 0 saturated carbocycles. The van der Waals surface area contributed by atoms with Gasteiger partial charge in [-0.1, -0.05) is 40.9 Å². The number of benzene rings is 2. The number of aliphatic carboxylic acids is 1. The van der Waals surface area contributed by atoms with Crippen molar-refractivity contribution < 1.29 is 14.7 Å². The van der Waals surface area contributed by atoms with Crippen molar-refractivity contribution in [1.82, 2.24) is 0 Å². The van der Waals surface area contributed by atoms with Crippen molar-refractivity contribution in [2.24, 2.45) is 5.73 Å². The van der Waals surface area contributed by atoms with Crippen molar-refractivity contribution in [2.75, 3.05) is 11.9 Å². The zero-order valence-electron chi connectivity index (χ0n) is 13.3. The summed E-state index contributed by atoms with van der Waals surface area (Å²) in [5.41, 5.74) is 7.01. The highest BCUT2D eigenvalue weighted by Gasteiger charge is 2.19. The normalized spacial score (nSPS) is 11.4. The molecule has 0 radical (unpaired) electrons. The minimum Gasteiger partial charge on any atom is -0.481 e. The summed E-state index contributed by atoms with van der Waals surface area (Å²) >= 11 is 17.8. The number of rotatable bonds is 6. The lowest BCUT2D eigenvalue weighted by Gasteiger charge is -2.18. The van der Waals surface area contributed by atoms with Crippen LogP contribution in [0, 0.1) is 0 Å². The smallest absolute Gasteiger partial charge is 0.304 e. The van der Waals surface area contributed by atoms with E-state index in [0.717, 1.165) is 0 Å². The molecular weight excluding hydrogens is 422 g/mol. The summed E-state index contributed by atoms with van der Waals surface area (Å²) in [5.74, 6) is -1.86. The molecule has 0 heterocycles. The van der Waals surface area contributed by atoms with E-state index in [1.54, 1.807) is 18.2 Å². The summed E-state index contributed by atoms with van der Waals surface area (Å²) in [6, 6.07) is 9.33. The van der Waals surface area contributed by atoms with Crippen LogP contribution < -0.4 is 11.1 Å². The average molecular weight is 438 g/mol. The fourth-order valence-corrected chi connectivity index (χ4v) is 2.83. The lowest BCUT2D eigenvalue weighted by molar-refractivity contribution is -0.137. The molecule has 4 N–H and O–H groups in total. The van der Waals surface area contributed by atoms with Gasteiger partial charge in [0.2, 0.25) is 0 Å².